The van der Waals surface area contributed by atoms with E-state index in [0.717, 1.165) is 5.56 Å². The van der Waals surface area contributed by atoms with E-state index in [9.17, 15) is 4.79 Å². The molecule has 0 atom stereocenters. The molecule has 0 aromatic heterocycles. The second-order valence-corrected chi connectivity index (χ2v) is 4.52. The summed E-state index contributed by atoms with van der Waals surface area (Å²) in [6.45, 7) is 1.90. The Morgan fingerprint density at radius 3 is 2.42 bits per heavy atom. The molecule has 4 heteroatoms. The molecule has 1 N–H and O–H groups in total. The molecule has 2 rings (SSSR count). The van der Waals surface area contributed by atoms with Crippen LogP contribution in [0, 0.1) is 6.92 Å². The first-order chi connectivity index (χ1) is 9.11. The van der Waals surface area contributed by atoms with Crippen molar-refractivity contribution in [3.63, 3.8) is 0 Å². The SMILES string of the molecule is COc1ccc(C(=O)Nc2c(C)cccc2Cl)cc1. The molecule has 0 unspecified atom stereocenters. The minimum atomic E-state index is -0.196. The molecule has 0 fully saturated rings. The third kappa shape index (κ3) is 3.06. The molecule has 0 aliphatic rings. The molecule has 0 radical (unpaired) electrons. The lowest BCUT2D eigenvalue weighted by Gasteiger charge is -2.10. The zero-order valence-electron chi connectivity index (χ0n) is 10.7. The van der Waals surface area contributed by atoms with Gasteiger partial charge in [-0.2, -0.15) is 0 Å². The number of ether oxygens (including phenoxy) is 1. The first-order valence-electron chi connectivity index (χ1n) is 5.82. The minimum absolute atomic E-state index is 0.196. The average Bonchev–Trinajstić information content (AvgIpc) is 2.43. The fourth-order valence-corrected chi connectivity index (χ4v) is 1.99. The average molecular weight is 276 g/mol. The summed E-state index contributed by atoms with van der Waals surface area (Å²) in [6.07, 6.45) is 0. The van der Waals surface area contributed by atoms with Crippen LogP contribution in [0.25, 0.3) is 0 Å². The predicted octanol–water partition coefficient (Wildman–Crippen LogP) is 3.91. The van der Waals surface area contributed by atoms with Crippen molar-refractivity contribution in [2.45, 2.75) is 6.92 Å². The van der Waals surface area contributed by atoms with Gasteiger partial charge in [0.2, 0.25) is 0 Å². The number of rotatable bonds is 3. The van der Waals surface area contributed by atoms with Crippen LogP contribution in [0.4, 0.5) is 5.69 Å². The molecule has 0 spiro atoms. The standard InChI is InChI=1S/C15H14ClNO2/c1-10-4-3-5-13(16)14(10)17-15(18)11-6-8-12(19-2)9-7-11/h3-9H,1-2H3,(H,17,18). The maximum atomic E-state index is 12.1. The number of carbonyl (C=O) groups excluding carboxylic acids is 1. The molecule has 0 aliphatic heterocycles. The van der Waals surface area contributed by atoms with E-state index in [1.165, 1.54) is 0 Å². The summed E-state index contributed by atoms with van der Waals surface area (Å²) in [5.41, 5.74) is 2.12. The van der Waals surface area contributed by atoms with Gasteiger partial charge in [0.1, 0.15) is 5.75 Å². The zero-order chi connectivity index (χ0) is 13.8. The number of anilines is 1. The molecule has 2 aromatic carbocycles. The van der Waals surface area contributed by atoms with Gasteiger partial charge in [-0.25, -0.2) is 0 Å². The normalized spacial score (nSPS) is 10.1. The Bertz CT molecular complexity index is 573. The molecular weight excluding hydrogens is 262 g/mol. The van der Waals surface area contributed by atoms with Crippen LogP contribution in [0.1, 0.15) is 15.9 Å². The molecule has 0 aliphatic carbocycles. The Kier molecular flexibility index (Phi) is 4.07. The van der Waals surface area contributed by atoms with E-state index in [2.05, 4.69) is 5.32 Å². The number of hydrogen-bond donors (Lipinski definition) is 1. The van der Waals surface area contributed by atoms with Gasteiger partial charge in [0.05, 0.1) is 17.8 Å². The van der Waals surface area contributed by atoms with Crippen LogP contribution in [0.5, 0.6) is 5.75 Å². The second-order valence-electron chi connectivity index (χ2n) is 4.11. The summed E-state index contributed by atoms with van der Waals surface area (Å²) in [6, 6.07) is 12.4. The molecule has 1 amide bonds. The van der Waals surface area contributed by atoms with E-state index in [-0.39, 0.29) is 5.91 Å². The highest BCUT2D eigenvalue weighted by atomic mass is 35.5. The lowest BCUT2D eigenvalue weighted by atomic mass is 10.1. The van der Waals surface area contributed by atoms with Crippen LogP contribution in [0.15, 0.2) is 42.5 Å². The molecule has 98 valence electrons. The van der Waals surface area contributed by atoms with Crippen LogP contribution in [0.2, 0.25) is 5.02 Å². The minimum Gasteiger partial charge on any atom is -0.497 e. The summed E-state index contributed by atoms with van der Waals surface area (Å²) in [5, 5.41) is 3.35. The van der Waals surface area contributed by atoms with Crippen molar-refractivity contribution in [3.8, 4) is 5.75 Å². The number of carbonyl (C=O) groups is 1. The molecule has 2 aromatic rings. The Labute approximate surface area is 117 Å². The first kappa shape index (κ1) is 13.4. The van der Waals surface area contributed by atoms with Crippen molar-refractivity contribution in [3.05, 3.63) is 58.6 Å². The number of benzene rings is 2. The van der Waals surface area contributed by atoms with Gasteiger partial charge >= 0.3 is 0 Å². The number of nitrogens with one attached hydrogen (secondary N) is 1. The smallest absolute Gasteiger partial charge is 0.255 e. The molecule has 0 heterocycles. The Morgan fingerprint density at radius 2 is 1.84 bits per heavy atom. The van der Waals surface area contributed by atoms with Gasteiger partial charge in [-0.3, -0.25) is 4.79 Å². The topological polar surface area (TPSA) is 38.3 Å². The van der Waals surface area contributed by atoms with Crippen LogP contribution < -0.4 is 10.1 Å². The van der Waals surface area contributed by atoms with E-state index in [0.29, 0.717) is 22.0 Å². The van der Waals surface area contributed by atoms with E-state index in [1.54, 1.807) is 37.4 Å². The Morgan fingerprint density at radius 1 is 1.16 bits per heavy atom. The summed E-state index contributed by atoms with van der Waals surface area (Å²) in [4.78, 5) is 12.1. The number of hydrogen-bond acceptors (Lipinski definition) is 2. The zero-order valence-corrected chi connectivity index (χ0v) is 11.5. The number of para-hydroxylation sites is 1. The lowest BCUT2D eigenvalue weighted by Crippen LogP contribution is -2.13. The van der Waals surface area contributed by atoms with E-state index in [4.69, 9.17) is 16.3 Å². The first-order valence-corrected chi connectivity index (χ1v) is 6.20. The number of halogens is 1. The van der Waals surface area contributed by atoms with Gasteiger partial charge in [-0.1, -0.05) is 23.7 Å². The van der Waals surface area contributed by atoms with Gasteiger partial charge in [-0.15, -0.1) is 0 Å². The quantitative estimate of drug-likeness (QED) is 0.922. The summed E-state index contributed by atoms with van der Waals surface area (Å²) in [7, 11) is 1.59. The molecular formula is C15H14ClNO2. The van der Waals surface area contributed by atoms with Crippen LogP contribution in [0.3, 0.4) is 0 Å². The Balaban J connectivity index is 2.20. The van der Waals surface area contributed by atoms with Crippen molar-refractivity contribution >= 4 is 23.2 Å². The van der Waals surface area contributed by atoms with Crippen molar-refractivity contribution in [2.75, 3.05) is 12.4 Å². The largest absolute Gasteiger partial charge is 0.497 e. The number of aryl methyl sites for hydroxylation is 1. The highest BCUT2D eigenvalue weighted by Gasteiger charge is 2.10. The van der Waals surface area contributed by atoms with Crippen molar-refractivity contribution in [1.29, 1.82) is 0 Å². The fraction of sp³-hybridized carbons (Fsp3) is 0.133. The third-order valence-electron chi connectivity index (χ3n) is 2.81. The van der Waals surface area contributed by atoms with E-state index < -0.39 is 0 Å². The summed E-state index contributed by atoms with van der Waals surface area (Å²) >= 11 is 6.07. The molecule has 3 nitrogen and oxygen atoms in total. The van der Waals surface area contributed by atoms with E-state index in [1.807, 2.05) is 19.1 Å². The third-order valence-corrected chi connectivity index (χ3v) is 3.13. The number of methoxy groups -OCH3 is 1. The maximum absolute atomic E-state index is 12.1. The fourth-order valence-electron chi connectivity index (χ4n) is 1.72. The van der Waals surface area contributed by atoms with Gasteiger partial charge in [-0.05, 0) is 42.8 Å². The van der Waals surface area contributed by atoms with Gasteiger partial charge < -0.3 is 10.1 Å². The van der Waals surface area contributed by atoms with Gasteiger partial charge in [0, 0.05) is 5.56 Å². The molecule has 0 saturated heterocycles. The second kappa shape index (κ2) is 5.76. The molecule has 0 saturated carbocycles. The van der Waals surface area contributed by atoms with Gasteiger partial charge in [0.15, 0.2) is 0 Å². The molecule has 19 heavy (non-hydrogen) atoms. The van der Waals surface area contributed by atoms with Crippen LogP contribution >= 0.6 is 11.6 Å². The summed E-state index contributed by atoms with van der Waals surface area (Å²) < 4.78 is 5.05. The molecule has 0 bridgehead atoms. The van der Waals surface area contributed by atoms with Crippen LogP contribution in [-0.2, 0) is 0 Å². The summed E-state index contributed by atoms with van der Waals surface area (Å²) in [5.74, 6) is 0.518. The predicted molar refractivity (Wildman–Crippen MR) is 77.1 cm³/mol. The van der Waals surface area contributed by atoms with Crippen molar-refractivity contribution < 1.29 is 9.53 Å². The Hall–Kier alpha value is -2.00. The van der Waals surface area contributed by atoms with Crippen molar-refractivity contribution in [1.82, 2.24) is 0 Å². The maximum Gasteiger partial charge on any atom is 0.255 e. The van der Waals surface area contributed by atoms with Gasteiger partial charge in [0.25, 0.3) is 5.91 Å². The lowest BCUT2D eigenvalue weighted by molar-refractivity contribution is 0.102. The van der Waals surface area contributed by atoms with Crippen molar-refractivity contribution in [2.24, 2.45) is 0 Å². The van der Waals surface area contributed by atoms with Crippen LogP contribution in [-0.4, -0.2) is 13.0 Å². The highest BCUT2D eigenvalue weighted by Crippen LogP contribution is 2.25. The number of amides is 1. The van der Waals surface area contributed by atoms with E-state index >= 15 is 0 Å². The highest BCUT2D eigenvalue weighted by molar-refractivity contribution is 6.34. The monoisotopic (exact) mass is 275 g/mol.